The second kappa shape index (κ2) is 4.27. The normalized spacial score (nSPS) is 10.4. The fraction of sp³-hybridized carbons (Fsp3) is 0. The van der Waals surface area contributed by atoms with Crippen LogP contribution in [0.5, 0.6) is 0 Å². The molecule has 2 rings (SSSR count). The summed E-state index contributed by atoms with van der Waals surface area (Å²) in [7, 11) is 0. The van der Waals surface area contributed by atoms with E-state index in [2.05, 4.69) is 10.2 Å². The first-order valence-electron chi connectivity index (χ1n) is 4.29. The molecule has 2 aromatic rings. The smallest absolute Gasteiger partial charge is 0.150 e. The summed E-state index contributed by atoms with van der Waals surface area (Å²) in [6.07, 6.45) is 0. The minimum atomic E-state index is -0.693. The molecule has 0 atom stereocenters. The topological polar surface area (TPSA) is 28.7 Å². The number of aromatic amines is 1. The molecule has 0 aliphatic rings. The molecule has 0 aliphatic carbocycles. The zero-order valence-corrected chi connectivity index (χ0v) is 9.37. The Morgan fingerprint density at radius 2 is 1.88 bits per heavy atom. The van der Waals surface area contributed by atoms with Crippen molar-refractivity contribution in [3.05, 3.63) is 45.7 Å². The molecule has 1 heterocycles. The number of aromatic nitrogens is 2. The fourth-order valence-corrected chi connectivity index (χ4v) is 1.68. The van der Waals surface area contributed by atoms with Crippen molar-refractivity contribution in [3.8, 4) is 11.1 Å². The lowest BCUT2D eigenvalue weighted by Gasteiger charge is -2.04. The van der Waals surface area contributed by atoms with E-state index < -0.39 is 11.6 Å². The Kier molecular flexibility index (Phi) is 2.98. The van der Waals surface area contributed by atoms with Crippen LogP contribution in [0, 0.1) is 16.3 Å². The van der Waals surface area contributed by atoms with Gasteiger partial charge in [-0.25, -0.2) is 8.78 Å². The lowest BCUT2D eigenvalue weighted by Crippen LogP contribution is -1.93. The molecule has 0 fully saturated rings. The summed E-state index contributed by atoms with van der Waals surface area (Å²) in [6.45, 7) is 0. The molecule has 0 aliphatic heterocycles. The van der Waals surface area contributed by atoms with Crippen LogP contribution in [-0.2, 0) is 0 Å². The Balaban J connectivity index is 2.77. The number of benzene rings is 1. The molecule has 82 valence electrons. The van der Waals surface area contributed by atoms with Crippen molar-refractivity contribution >= 4 is 23.8 Å². The Morgan fingerprint density at radius 1 is 1.25 bits per heavy atom. The predicted molar refractivity (Wildman–Crippen MR) is 59.8 cm³/mol. The van der Waals surface area contributed by atoms with Gasteiger partial charge in [0.05, 0.1) is 5.56 Å². The average molecular weight is 259 g/mol. The number of hydrogen-bond donors (Lipinski definition) is 1. The highest BCUT2D eigenvalue weighted by atomic mass is 35.5. The summed E-state index contributed by atoms with van der Waals surface area (Å²) < 4.78 is 27.1. The van der Waals surface area contributed by atoms with Crippen molar-refractivity contribution in [2.24, 2.45) is 0 Å². The van der Waals surface area contributed by atoms with Crippen LogP contribution in [0.1, 0.15) is 0 Å². The van der Waals surface area contributed by atoms with Gasteiger partial charge in [-0.1, -0.05) is 29.9 Å². The molecule has 0 radical (unpaired) electrons. The van der Waals surface area contributed by atoms with Crippen LogP contribution in [0.15, 0.2) is 24.3 Å². The fourth-order valence-electron chi connectivity index (χ4n) is 1.32. The highest BCUT2D eigenvalue weighted by Gasteiger charge is 2.13. The van der Waals surface area contributed by atoms with Crippen molar-refractivity contribution in [2.45, 2.75) is 0 Å². The maximum Gasteiger partial charge on any atom is 0.150 e. The largest absolute Gasteiger partial charge is 0.266 e. The number of halogens is 3. The number of hydrogen-bond acceptors (Lipinski definition) is 2. The lowest BCUT2D eigenvalue weighted by molar-refractivity contribution is 0.589. The van der Waals surface area contributed by atoms with E-state index in [1.807, 2.05) is 0 Å². The highest BCUT2D eigenvalue weighted by molar-refractivity contribution is 7.71. The van der Waals surface area contributed by atoms with E-state index in [0.29, 0.717) is 0 Å². The van der Waals surface area contributed by atoms with E-state index in [0.717, 1.165) is 12.1 Å². The Bertz CT molecular complexity index is 577. The number of nitrogens with one attached hydrogen (secondary N) is 1. The monoisotopic (exact) mass is 258 g/mol. The molecular weight excluding hydrogens is 254 g/mol. The third kappa shape index (κ3) is 1.96. The van der Waals surface area contributed by atoms with Gasteiger partial charge in [0.15, 0.2) is 0 Å². The summed E-state index contributed by atoms with van der Waals surface area (Å²) in [5.74, 6) is -1.39. The quantitative estimate of drug-likeness (QED) is 0.790. The molecule has 6 heteroatoms. The van der Waals surface area contributed by atoms with Crippen molar-refractivity contribution in [1.82, 2.24) is 10.2 Å². The van der Waals surface area contributed by atoms with E-state index in [1.54, 1.807) is 0 Å². The van der Waals surface area contributed by atoms with Crippen molar-refractivity contribution < 1.29 is 8.78 Å². The molecule has 1 aromatic heterocycles. The van der Waals surface area contributed by atoms with Gasteiger partial charge in [0.2, 0.25) is 0 Å². The van der Waals surface area contributed by atoms with E-state index in [-0.39, 0.29) is 20.9 Å². The molecule has 1 aromatic carbocycles. The maximum absolute atomic E-state index is 13.5. The molecule has 0 saturated carbocycles. The third-order valence-corrected chi connectivity index (χ3v) is 2.51. The van der Waals surface area contributed by atoms with Crippen LogP contribution in [0.25, 0.3) is 11.1 Å². The van der Waals surface area contributed by atoms with Gasteiger partial charge >= 0.3 is 0 Å². The van der Waals surface area contributed by atoms with Gasteiger partial charge in [-0.15, -0.1) is 0 Å². The van der Waals surface area contributed by atoms with Gasteiger partial charge in [-0.05, 0) is 18.2 Å². The van der Waals surface area contributed by atoms with Crippen LogP contribution < -0.4 is 0 Å². The predicted octanol–water partition coefficient (Wildman–Crippen LogP) is 3.74. The highest BCUT2D eigenvalue weighted by Crippen LogP contribution is 2.27. The molecule has 16 heavy (non-hydrogen) atoms. The van der Waals surface area contributed by atoms with Crippen LogP contribution in [-0.4, -0.2) is 10.2 Å². The van der Waals surface area contributed by atoms with Crippen molar-refractivity contribution in [1.29, 1.82) is 0 Å². The zero-order valence-electron chi connectivity index (χ0n) is 7.80. The van der Waals surface area contributed by atoms with Crippen LogP contribution in [0.4, 0.5) is 8.78 Å². The van der Waals surface area contributed by atoms with Gasteiger partial charge in [0.25, 0.3) is 0 Å². The Morgan fingerprint density at radius 3 is 2.50 bits per heavy atom. The molecule has 0 saturated heterocycles. The second-order valence-electron chi connectivity index (χ2n) is 3.03. The van der Waals surface area contributed by atoms with Gasteiger partial charge < -0.3 is 0 Å². The first kappa shape index (κ1) is 11.2. The van der Waals surface area contributed by atoms with Crippen LogP contribution in [0.2, 0.25) is 5.15 Å². The Hall–Kier alpha value is -1.33. The SMILES string of the molecule is Fc1cccc(F)c1-c1cc(Cl)n[nH]c1=S. The first-order valence-corrected chi connectivity index (χ1v) is 5.08. The number of nitrogens with zero attached hydrogens (tertiary/aromatic N) is 1. The first-order chi connectivity index (χ1) is 7.59. The van der Waals surface area contributed by atoms with Crippen molar-refractivity contribution in [3.63, 3.8) is 0 Å². The van der Waals surface area contributed by atoms with Crippen molar-refractivity contribution in [2.75, 3.05) is 0 Å². The zero-order chi connectivity index (χ0) is 11.7. The third-order valence-electron chi connectivity index (χ3n) is 2.00. The summed E-state index contributed by atoms with van der Waals surface area (Å²) in [6, 6.07) is 4.91. The summed E-state index contributed by atoms with van der Waals surface area (Å²) >= 11 is 10.5. The Labute approximate surface area is 99.9 Å². The van der Waals surface area contributed by atoms with Gasteiger partial charge in [-0.2, -0.15) is 5.10 Å². The second-order valence-corrected chi connectivity index (χ2v) is 3.83. The lowest BCUT2D eigenvalue weighted by atomic mass is 10.1. The minimum absolute atomic E-state index is 0.0891. The average Bonchev–Trinajstić information content (AvgIpc) is 2.23. The summed E-state index contributed by atoms with van der Waals surface area (Å²) in [5.41, 5.74) is -0.0151. The van der Waals surface area contributed by atoms with E-state index in [9.17, 15) is 8.78 Å². The molecular formula is C10H5ClF2N2S. The van der Waals surface area contributed by atoms with Gasteiger partial charge in [-0.3, -0.25) is 5.10 Å². The van der Waals surface area contributed by atoms with E-state index >= 15 is 0 Å². The standard InChI is InChI=1S/C10H5ClF2N2S/c11-8-4-5(10(16)15-14-8)9-6(12)2-1-3-7(9)13/h1-4H,(H,15,16). The maximum atomic E-state index is 13.5. The summed E-state index contributed by atoms with van der Waals surface area (Å²) in [4.78, 5) is 0. The molecule has 0 amide bonds. The van der Waals surface area contributed by atoms with E-state index in [4.69, 9.17) is 23.8 Å². The molecule has 0 spiro atoms. The van der Waals surface area contributed by atoms with Gasteiger partial charge in [0, 0.05) is 5.56 Å². The van der Waals surface area contributed by atoms with Gasteiger partial charge in [0.1, 0.15) is 21.4 Å². The minimum Gasteiger partial charge on any atom is -0.266 e. The van der Waals surface area contributed by atoms with E-state index in [1.165, 1.54) is 12.1 Å². The number of H-pyrrole nitrogens is 1. The molecule has 0 unspecified atom stereocenters. The van der Waals surface area contributed by atoms with Crippen LogP contribution in [0.3, 0.4) is 0 Å². The number of rotatable bonds is 1. The molecule has 0 bridgehead atoms. The summed E-state index contributed by atoms with van der Waals surface area (Å²) in [5, 5.41) is 6.13. The molecule has 1 N–H and O–H groups in total. The van der Waals surface area contributed by atoms with Crippen LogP contribution >= 0.6 is 23.8 Å². The molecule has 2 nitrogen and oxygen atoms in total.